The molecule has 4 nitrogen and oxygen atoms in total. The number of rotatable bonds is 2. The van der Waals surface area contributed by atoms with Gasteiger partial charge in [-0.05, 0) is 24.3 Å². The van der Waals surface area contributed by atoms with Gasteiger partial charge in [0, 0.05) is 23.2 Å². The molecule has 2 N–H and O–H groups in total. The monoisotopic (exact) mass is 290 g/mol. The zero-order valence-corrected chi connectivity index (χ0v) is 10.9. The van der Waals surface area contributed by atoms with E-state index in [-0.39, 0.29) is 5.56 Å². The topological polar surface area (TPSA) is 64.7 Å². The summed E-state index contributed by atoms with van der Waals surface area (Å²) in [6.45, 7) is 0. The number of nitrogen functional groups attached to an aromatic ring is 1. The molecular weight excluding hydrogens is 282 g/mol. The largest absolute Gasteiger partial charge is 0.374 e. The van der Waals surface area contributed by atoms with Gasteiger partial charge in [-0.1, -0.05) is 6.07 Å². The summed E-state index contributed by atoms with van der Waals surface area (Å²) < 4.78 is 30.7. The molecule has 0 radical (unpaired) electrons. The molecule has 1 aromatic carbocycles. The molecule has 3 aromatic rings. The summed E-state index contributed by atoms with van der Waals surface area (Å²) in [6, 6.07) is 8.40. The minimum Gasteiger partial charge on any atom is -0.374 e. The third-order valence-electron chi connectivity index (χ3n) is 2.63. The van der Waals surface area contributed by atoms with Gasteiger partial charge in [0.2, 0.25) is 0 Å². The second kappa shape index (κ2) is 4.93. The lowest BCUT2D eigenvalue weighted by Gasteiger charge is -2.04. The summed E-state index contributed by atoms with van der Waals surface area (Å²) in [4.78, 5) is 8.30. The molecule has 0 aliphatic rings. The molecule has 2 heterocycles. The first-order chi connectivity index (χ1) is 9.63. The first-order valence-corrected chi connectivity index (χ1v) is 6.43. The first kappa shape index (κ1) is 12.6. The minimum atomic E-state index is -0.666. The zero-order chi connectivity index (χ0) is 14.1. The molecule has 7 heteroatoms. The van der Waals surface area contributed by atoms with Crippen molar-refractivity contribution < 1.29 is 8.78 Å². The highest BCUT2D eigenvalue weighted by molar-refractivity contribution is 7.09. The Balaban J connectivity index is 2.07. The Bertz CT molecular complexity index is 773. The summed E-state index contributed by atoms with van der Waals surface area (Å²) in [7, 11) is 0. The standard InChI is InChI=1S/C13H8F2N4S/c14-7-4-5-8(9(15)6-7)10-2-1-3-11(17-10)12-18-13(16)20-19-12/h1-6H,(H2,16,18,19). The van der Waals surface area contributed by atoms with E-state index in [2.05, 4.69) is 14.3 Å². The minimum absolute atomic E-state index is 0.219. The maximum Gasteiger partial charge on any atom is 0.200 e. The van der Waals surface area contributed by atoms with Crippen molar-refractivity contribution >= 4 is 16.7 Å². The molecule has 0 aliphatic heterocycles. The van der Waals surface area contributed by atoms with E-state index >= 15 is 0 Å². The summed E-state index contributed by atoms with van der Waals surface area (Å²) in [6.07, 6.45) is 0. The summed E-state index contributed by atoms with van der Waals surface area (Å²) in [5.74, 6) is -0.909. The fraction of sp³-hybridized carbons (Fsp3) is 0. The maximum absolute atomic E-state index is 13.7. The van der Waals surface area contributed by atoms with Gasteiger partial charge in [-0.25, -0.2) is 13.8 Å². The number of anilines is 1. The Labute approximate surface area is 117 Å². The van der Waals surface area contributed by atoms with Gasteiger partial charge in [-0.3, -0.25) is 0 Å². The SMILES string of the molecule is Nc1nc(-c2cccc(-c3ccc(F)cc3F)n2)ns1. The predicted octanol–water partition coefficient (Wildman–Crippen LogP) is 3.13. The van der Waals surface area contributed by atoms with Crippen LogP contribution in [-0.2, 0) is 0 Å². The Kier molecular flexibility index (Phi) is 3.11. The molecule has 100 valence electrons. The average molecular weight is 290 g/mol. The summed E-state index contributed by atoms with van der Waals surface area (Å²) >= 11 is 1.06. The number of hydrogen-bond acceptors (Lipinski definition) is 5. The Hall–Kier alpha value is -2.41. The van der Waals surface area contributed by atoms with E-state index in [4.69, 9.17) is 5.73 Å². The smallest absolute Gasteiger partial charge is 0.200 e. The second-order valence-electron chi connectivity index (χ2n) is 3.99. The Morgan fingerprint density at radius 2 is 1.80 bits per heavy atom. The van der Waals surface area contributed by atoms with Crippen LogP contribution in [0.5, 0.6) is 0 Å². The van der Waals surface area contributed by atoms with Crippen LogP contribution in [0.25, 0.3) is 22.8 Å². The van der Waals surface area contributed by atoms with Gasteiger partial charge in [-0.15, -0.1) is 0 Å². The van der Waals surface area contributed by atoms with Crippen molar-refractivity contribution in [2.45, 2.75) is 0 Å². The van der Waals surface area contributed by atoms with Gasteiger partial charge < -0.3 is 5.73 Å². The van der Waals surface area contributed by atoms with Gasteiger partial charge in [0.1, 0.15) is 17.3 Å². The molecule has 0 spiro atoms. The van der Waals surface area contributed by atoms with E-state index in [0.29, 0.717) is 22.3 Å². The van der Waals surface area contributed by atoms with Crippen LogP contribution in [0.15, 0.2) is 36.4 Å². The lowest BCUT2D eigenvalue weighted by molar-refractivity contribution is 0.585. The molecule has 0 saturated carbocycles. The van der Waals surface area contributed by atoms with Crippen LogP contribution in [0, 0.1) is 11.6 Å². The number of nitrogens with two attached hydrogens (primary N) is 1. The predicted molar refractivity (Wildman–Crippen MR) is 72.9 cm³/mol. The molecule has 0 unspecified atom stereocenters. The van der Waals surface area contributed by atoms with E-state index in [0.717, 1.165) is 17.6 Å². The lowest BCUT2D eigenvalue weighted by Crippen LogP contribution is -1.92. The van der Waals surface area contributed by atoms with Crippen molar-refractivity contribution in [2.75, 3.05) is 5.73 Å². The molecule has 0 aliphatic carbocycles. The van der Waals surface area contributed by atoms with Crippen LogP contribution in [0.3, 0.4) is 0 Å². The summed E-state index contributed by atoms with van der Waals surface area (Å²) in [5, 5.41) is 0.333. The van der Waals surface area contributed by atoms with Crippen LogP contribution < -0.4 is 5.73 Å². The van der Waals surface area contributed by atoms with E-state index in [1.54, 1.807) is 18.2 Å². The molecule has 2 aromatic heterocycles. The van der Waals surface area contributed by atoms with E-state index < -0.39 is 11.6 Å². The molecule has 0 amide bonds. The number of aromatic nitrogens is 3. The highest BCUT2D eigenvalue weighted by Gasteiger charge is 2.11. The lowest BCUT2D eigenvalue weighted by atomic mass is 10.1. The van der Waals surface area contributed by atoms with E-state index in [1.807, 2.05) is 0 Å². The average Bonchev–Trinajstić information content (AvgIpc) is 2.86. The number of hydrogen-bond donors (Lipinski definition) is 1. The number of halogens is 2. The molecule has 20 heavy (non-hydrogen) atoms. The highest BCUT2D eigenvalue weighted by Crippen LogP contribution is 2.24. The van der Waals surface area contributed by atoms with Gasteiger partial charge in [-0.2, -0.15) is 9.36 Å². The number of benzene rings is 1. The fourth-order valence-corrected chi connectivity index (χ4v) is 2.19. The van der Waals surface area contributed by atoms with Crippen LogP contribution in [0.1, 0.15) is 0 Å². The Morgan fingerprint density at radius 1 is 1.00 bits per heavy atom. The molecular formula is C13H8F2N4S. The van der Waals surface area contributed by atoms with Crippen LogP contribution in [0.4, 0.5) is 13.9 Å². The van der Waals surface area contributed by atoms with Gasteiger partial charge in [0.15, 0.2) is 11.0 Å². The van der Waals surface area contributed by atoms with Crippen LogP contribution in [-0.4, -0.2) is 14.3 Å². The van der Waals surface area contributed by atoms with Gasteiger partial charge in [0.05, 0.1) is 5.69 Å². The third kappa shape index (κ3) is 2.35. The normalized spacial score (nSPS) is 10.7. The van der Waals surface area contributed by atoms with E-state index in [1.165, 1.54) is 12.1 Å². The molecule has 0 atom stereocenters. The summed E-state index contributed by atoms with van der Waals surface area (Å²) in [5.41, 5.74) is 6.61. The van der Waals surface area contributed by atoms with Crippen molar-refractivity contribution in [1.29, 1.82) is 0 Å². The third-order valence-corrected chi connectivity index (χ3v) is 3.17. The molecule has 0 fully saturated rings. The van der Waals surface area contributed by atoms with Crippen molar-refractivity contribution in [2.24, 2.45) is 0 Å². The second-order valence-corrected chi connectivity index (χ2v) is 4.77. The van der Waals surface area contributed by atoms with Crippen molar-refractivity contribution in [3.8, 4) is 22.8 Å². The fourth-order valence-electron chi connectivity index (χ4n) is 1.75. The quantitative estimate of drug-likeness (QED) is 0.787. The van der Waals surface area contributed by atoms with Crippen molar-refractivity contribution in [3.05, 3.63) is 48.0 Å². The first-order valence-electron chi connectivity index (χ1n) is 5.65. The maximum atomic E-state index is 13.7. The highest BCUT2D eigenvalue weighted by atomic mass is 32.1. The zero-order valence-electron chi connectivity index (χ0n) is 10.0. The number of nitrogens with zero attached hydrogens (tertiary/aromatic N) is 3. The number of pyridine rings is 1. The van der Waals surface area contributed by atoms with Crippen molar-refractivity contribution in [3.63, 3.8) is 0 Å². The Morgan fingerprint density at radius 3 is 2.50 bits per heavy atom. The van der Waals surface area contributed by atoms with Crippen LogP contribution >= 0.6 is 11.5 Å². The molecule has 0 saturated heterocycles. The molecule has 3 rings (SSSR count). The van der Waals surface area contributed by atoms with Gasteiger partial charge >= 0.3 is 0 Å². The molecule has 0 bridgehead atoms. The van der Waals surface area contributed by atoms with Crippen LogP contribution in [0.2, 0.25) is 0 Å². The van der Waals surface area contributed by atoms with E-state index in [9.17, 15) is 8.78 Å². The van der Waals surface area contributed by atoms with Crippen molar-refractivity contribution in [1.82, 2.24) is 14.3 Å². The van der Waals surface area contributed by atoms with Gasteiger partial charge in [0.25, 0.3) is 0 Å².